The predicted molar refractivity (Wildman–Crippen MR) is 83.1 cm³/mol. The lowest BCUT2D eigenvalue weighted by atomic mass is 10.0. The van der Waals surface area contributed by atoms with Gasteiger partial charge in [-0.05, 0) is 38.4 Å². The van der Waals surface area contributed by atoms with Crippen LogP contribution in [0, 0.1) is 17.0 Å². The molecule has 0 bridgehead atoms. The zero-order valence-corrected chi connectivity index (χ0v) is 13.0. The quantitative estimate of drug-likeness (QED) is 0.685. The second-order valence-corrected chi connectivity index (χ2v) is 5.14. The minimum atomic E-state index is -0.445. The molecule has 1 fully saturated rings. The number of rotatable bonds is 3. The number of non-ortho nitro benzene ring substituents is 1. The molecule has 1 unspecified atom stereocenters. The first-order chi connectivity index (χ1) is 9.52. The molecule has 0 spiro atoms. The van der Waals surface area contributed by atoms with Gasteiger partial charge >= 0.3 is 0 Å². The van der Waals surface area contributed by atoms with E-state index in [0.717, 1.165) is 19.4 Å². The topological polar surface area (TPSA) is 75.5 Å². The van der Waals surface area contributed by atoms with Gasteiger partial charge in [-0.2, -0.15) is 0 Å². The average Bonchev–Trinajstić information content (AvgIpc) is 2.46. The van der Waals surface area contributed by atoms with Crippen LogP contribution in [0.2, 0.25) is 0 Å². The van der Waals surface area contributed by atoms with E-state index in [1.807, 2.05) is 11.9 Å². The van der Waals surface area contributed by atoms with E-state index in [0.29, 0.717) is 23.7 Å². The van der Waals surface area contributed by atoms with Crippen molar-refractivity contribution in [2.24, 2.45) is 0 Å². The summed E-state index contributed by atoms with van der Waals surface area (Å²) in [4.78, 5) is 24.6. The van der Waals surface area contributed by atoms with Crippen molar-refractivity contribution in [1.82, 2.24) is 10.2 Å². The lowest BCUT2D eigenvalue weighted by molar-refractivity contribution is -0.384. The molecule has 1 amide bonds. The van der Waals surface area contributed by atoms with E-state index >= 15 is 0 Å². The van der Waals surface area contributed by atoms with Crippen molar-refractivity contribution in [2.75, 3.05) is 20.1 Å². The number of nitrogens with zero attached hydrogens (tertiary/aromatic N) is 2. The number of nitrogens with one attached hydrogen (secondary N) is 1. The largest absolute Gasteiger partial charge is 0.337 e. The third-order valence-corrected chi connectivity index (χ3v) is 3.77. The van der Waals surface area contributed by atoms with Crippen LogP contribution in [0.15, 0.2) is 18.2 Å². The van der Waals surface area contributed by atoms with E-state index in [1.54, 1.807) is 13.0 Å². The first-order valence-corrected chi connectivity index (χ1v) is 6.74. The molecule has 7 heteroatoms. The Kier molecular flexibility index (Phi) is 6.11. The zero-order valence-electron chi connectivity index (χ0n) is 12.2. The minimum Gasteiger partial charge on any atom is -0.337 e. The van der Waals surface area contributed by atoms with Crippen LogP contribution < -0.4 is 5.32 Å². The normalized spacial score (nSPS) is 18.0. The zero-order chi connectivity index (χ0) is 14.7. The van der Waals surface area contributed by atoms with Gasteiger partial charge in [0.1, 0.15) is 0 Å². The molecule has 1 aliphatic heterocycles. The molecule has 2 rings (SSSR count). The molecule has 1 atom stereocenters. The number of nitro groups is 1. The van der Waals surface area contributed by atoms with E-state index in [4.69, 9.17) is 0 Å². The molecule has 1 aromatic carbocycles. The number of likely N-dealkylation sites (N-methyl/N-ethyl adjacent to an activating group) is 1. The Morgan fingerprint density at radius 2 is 2.19 bits per heavy atom. The van der Waals surface area contributed by atoms with Crippen molar-refractivity contribution in [3.05, 3.63) is 39.4 Å². The van der Waals surface area contributed by atoms with Gasteiger partial charge in [0.05, 0.1) is 4.92 Å². The Balaban J connectivity index is 0.00000220. The summed E-state index contributed by atoms with van der Waals surface area (Å²) in [7, 11) is 1.90. The SMILES string of the molecule is CNC1CCCN(C(=O)c2ccc([N+](=O)[O-])cc2C)C1.Cl. The highest BCUT2D eigenvalue weighted by Gasteiger charge is 2.25. The number of nitro benzene ring substituents is 1. The van der Waals surface area contributed by atoms with E-state index in [-0.39, 0.29) is 24.0 Å². The van der Waals surface area contributed by atoms with Crippen LogP contribution in [0.25, 0.3) is 0 Å². The summed E-state index contributed by atoms with van der Waals surface area (Å²) in [5, 5.41) is 13.9. The van der Waals surface area contributed by atoms with Gasteiger partial charge in [0, 0.05) is 36.8 Å². The number of piperidine rings is 1. The van der Waals surface area contributed by atoms with Crippen molar-refractivity contribution in [3.63, 3.8) is 0 Å². The molecule has 116 valence electrons. The lowest BCUT2D eigenvalue weighted by Crippen LogP contribution is -2.47. The minimum absolute atomic E-state index is 0. The Labute approximate surface area is 130 Å². The van der Waals surface area contributed by atoms with Crippen molar-refractivity contribution in [2.45, 2.75) is 25.8 Å². The fraction of sp³-hybridized carbons (Fsp3) is 0.500. The maximum absolute atomic E-state index is 12.5. The smallest absolute Gasteiger partial charge is 0.269 e. The summed E-state index contributed by atoms with van der Waals surface area (Å²) < 4.78 is 0. The van der Waals surface area contributed by atoms with Gasteiger partial charge in [-0.15, -0.1) is 12.4 Å². The van der Waals surface area contributed by atoms with E-state index in [1.165, 1.54) is 12.1 Å². The number of amides is 1. The summed E-state index contributed by atoms with van der Waals surface area (Å²) in [5.41, 5.74) is 1.22. The predicted octanol–water partition coefficient (Wildman–Crippen LogP) is 2.15. The van der Waals surface area contributed by atoms with Crippen LogP contribution in [0.3, 0.4) is 0 Å². The molecule has 0 aromatic heterocycles. The molecule has 1 saturated heterocycles. The van der Waals surface area contributed by atoms with Gasteiger partial charge in [-0.3, -0.25) is 14.9 Å². The summed E-state index contributed by atoms with van der Waals surface area (Å²) in [6, 6.07) is 4.72. The highest BCUT2D eigenvalue weighted by molar-refractivity contribution is 5.96. The van der Waals surface area contributed by atoms with Gasteiger partial charge < -0.3 is 10.2 Å². The van der Waals surface area contributed by atoms with Gasteiger partial charge in [-0.1, -0.05) is 0 Å². The number of benzene rings is 1. The van der Waals surface area contributed by atoms with E-state index < -0.39 is 4.92 Å². The van der Waals surface area contributed by atoms with Gasteiger partial charge in [-0.25, -0.2) is 0 Å². The fourth-order valence-electron chi connectivity index (χ4n) is 2.57. The van der Waals surface area contributed by atoms with Crippen LogP contribution in [0.5, 0.6) is 0 Å². The summed E-state index contributed by atoms with van der Waals surface area (Å²) in [6.07, 6.45) is 2.04. The van der Waals surface area contributed by atoms with Gasteiger partial charge in [0.2, 0.25) is 0 Å². The molecule has 0 radical (unpaired) electrons. The molecule has 6 nitrogen and oxygen atoms in total. The van der Waals surface area contributed by atoms with Crippen LogP contribution >= 0.6 is 12.4 Å². The van der Waals surface area contributed by atoms with E-state index in [2.05, 4.69) is 5.32 Å². The number of carbonyl (C=O) groups is 1. The molecule has 1 aliphatic rings. The molecular formula is C14H20ClN3O3. The first kappa shape index (κ1) is 17.4. The Morgan fingerprint density at radius 3 is 2.76 bits per heavy atom. The van der Waals surface area contributed by atoms with Crippen molar-refractivity contribution in [1.29, 1.82) is 0 Å². The molecule has 0 aliphatic carbocycles. The van der Waals surface area contributed by atoms with Gasteiger partial charge in [0.25, 0.3) is 11.6 Å². The second kappa shape index (κ2) is 7.38. The van der Waals surface area contributed by atoms with Crippen LogP contribution in [0.1, 0.15) is 28.8 Å². The maximum Gasteiger partial charge on any atom is 0.269 e. The monoisotopic (exact) mass is 313 g/mol. The number of hydrogen-bond donors (Lipinski definition) is 1. The molecule has 21 heavy (non-hydrogen) atoms. The molecular weight excluding hydrogens is 294 g/mol. The number of carbonyl (C=O) groups excluding carboxylic acids is 1. The highest BCUT2D eigenvalue weighted by Crippen LogP contribution is 2.20. The third-order valence-electron chi connectivity index (χ3n) is 3.77. The Hall–Kier alpha value is -1.66. The molecule has 1 heterocycles. The number of hydrogen-bond acceptors (Lipinski definition) is 4. The van der Waals surface area contributed by atoms with Crippen molar-refractivity contribution < 1.29 is 9.72 Å². The summed E-state index contributed by atoms with van der Waals surface area (Å²) >= 11 is 0. The second-order valence-electron chi connectivity index (χ2n) is 5.14. The summed E-state index contributed by atoms with van der Waals surface area (Å²) in [6.45, 7) is 3.17. The molecule has 1 N–H and O–H groups in total. The fourth-order valence-corrected chi connectivity index (χ4v) is 2.57. The molecule has 0 saturated carbocycles. The number of likely N-dealkylation sites (tertiary alicyclic amines) is 1. The Bertz CT molecular complexity index is 536. The molecule has 1 aromatic rings. The maximum atomic E-state index is 12.5. The van der Waals surface area contributed by atoms with Crippen LogP contribution in [-0.2, 0) is 0 Å². The van der Waals surface area contributed by atoms with Crippen molar-refractivity contribution in [3.8, 4) is 0 Å². The Morgan fingerprint density at radius 1 is 1.48 bits per heavy atom. The number of aryl methyl sites for hydroxylation is 1. The highest BCUT2D eigenvalue weighted by atomic mass is 35.5. The van der Waals surface area contributed by atoms with Crippen LogP contribution in [-0.4, -0.2) is 41.9 Å². The average molecular weight is 314 g/mol. The number of halogens is 1. The first-order valence-electron chi connectivity index (χ1n) is 6.74. The lowest BCUT2D eigenvalue weighted by Gasteiger charge is -2.32. The standard InChI is InChI=1S/C14H19N3O3.ClH/c1-10-8-12(17(19)20)5-6-13(10)14(18)16-7-3-4-11(9-16)15-2;/h5-6,8,11,15H,3-4,7,9H2,1-2H3;1H. The van der Waals surface area contributed by atoms with Crippen LogP contribution in [0.4, 0.5) is 5.69 Å². The summed E-state index contributed by atoms with van der Waals surface area (Å²) in [5.74, 6) is -0.0441. The van der Waals surface area contributed by atoms with Crippen molar-refractivity contribution >= 4 is 24.0 Å². The van der Waals surface area contributed by atoms with Gasteiger partial charge in [0.15, 0.2) is 0 Å². The third kappa shape index (κ3) is 3.92. The van der Waals surface area contributed by atoms with E-state index in [9.17, 15) is 14.9 Å².